The number of aliphatic hydroxyl groups excluding tert-OH is 1. The Hall–Kier alpha value is -0.0800. The molecule has 1 heterocycles. The summed E-state index contributed by atoms with van der Waals surface area (Å²) in [6.45, 7) is 6.75. The van der Waals surface area contributed by atoms with Crippen molar-refractivity contribution in [3.8, 4) is 0 Å². The highest BCUT2D eigenvalue weighted by molar-refractivity contribution is 4.55. The van der Waals surface area contributed by atoms with Crippen LogP contribution in [0.2, 0.25) is 0 Å². The summed E-state index contributed by atoms with van der Waals surface area (Å²) in [5, 5.41) is 10.2. The van der Waals surface area contributed by atoms with Crippen molar-refractivity contribution in [3.63, 3.8) is 0 Å². The molecule has 0 aromatic heterocycles. The summed E-state index contributed by atoms with van der Waals surface area (Å²) in [5.41, 5.74) is 0. The molecule has 1 saturated heterocycles. The molecule has 0 unspecified atom stereocenters. The zero-order valence-electron chi connectivity index (χ0n) is 7.48. The van der Waals surface area contributed by atoms with Gasteiger partial charge in [-0.2, -0.15) is 0 Å². The Labute approximate surface area is 64.6 Å². The first-order chi connectivity index (χ1) is 4.91. The van der Waals surface area contributed by atoms with E-state index in [-0.39, 0.29) is 0 Å². The van der Waals surface area contributed by atoms with E-state index in [0.717, 1.165) is 7.11 Å². The van der Waals surface area contributed by atoms with Crippen molar-refractivity contribution >= 4 is 0 Å². The fourth-order valence-electron chi connectivity index (χ4n) is 0.625. The molecule has 2 nitrogen and oxygen atoms in total. The Bertz CT molecular complexity index is 28.6. The Morgan fingerprint density at radius 1 is 1.10 bits per heavy atom. The van der Waals surface area contributed by atoms with Gasteiger partial charge in [-0.05, 0) is 25.9 Å². The van der Waals surface area contributed by atoms with Crippen LogP contribution in [0.25, 0.3) is 0 Å². The van der Waals surface area contributed by atoms with Gasteiger partial charge in [0.05, 0.1) is 0 Å². The molecular formula is C8H21NO. The predicted molar refractivity (Wildman–Crippen MR) is 46.2 cm³/mol. The van der Waals surface area contributed by atoms with Gasteiger partial charge in [-0.25, -0.2) is 0 Å². The topological polar surface area (TPSA) is 32.3 Å². The van der Waals surface area contributed by atoms with Crippen molar-refractivity contribution in [2.24, 2.45) is 0 Å². The van der Waals surface area contributed by atoms with Crippen molar-refractivity contribution in [1.29, 1.82) is 0 Å². The lowest BCUT2D eigenvalue weighted by Gasteiger charge is -1.76. The second kappa shape index (κ2) is 16.0. The number of aliphatic hydroxyl groups is 1. The van der Waals surface area contributed by atoms with Gasteiger partial charge >= 0.3 is 0 Å². The van der Waals surface area contributed by atoms with Crippen LogP contribution in [-0.4, -0.2) is 25.3 Å². The van der Waals surface area contributed by atoms with E-state index >= 15 is 0 Å². The first-order valence-corrected chi connectivity index (χ1v) is 4.07. The minimum atomic E-state index is 1.00. The minimum absolute atomic E-state index is 1.00. The van der Waals surface area contributed by atoms with Crippen molar-refractivity contribution < 1.29 is 5.11 Å². The molecule has 0 spiro atoms. The van der Waals surface area contributed by atoms with Gasteiger partial charge in [-0.15, -0.1) is 0 Å². The van der Waals surface area contributed by atoms with E-state index in [9.17, 15) is 0 Å². The molecule has 0 aromatic carbocycles. The molecular weight excluding hydrogens is 126 g/mol. The summed E-state index contributed by atoms with van der Waals surface area (Å²) >= 11 is 0. The maximum atomic E-state index is 7.00. The van der Waals surface area contributed by atoms with Crippen LogP contribution in [0.5, 0.6) is 0 Å². The van der Waals surface area contributed by atoms with Gasteiger partial charge in [0.15, 0.2) is 0 Å². The molecule has 1 rings (SSSR count). The third-order valence-corrected chi connectivity index (χ3v) is 0.957. The monoisotopic (exact) mass is 147 g/mol. The Kier molecular flexibility index (Phi) is 20.1. The van der Waals surface area contributed by atoms with Crippen molar-refractivity contribution in [2.45, 2.75) is 33.1 Å². The van der Waals surface area contributed by atoms with Crippen LogP contribution in [0.4, 0.5) is 0 Å². The molecule has 0 atom stereocenters. The molecule has 1 aliphatic heterocycles. The highest BCUT2D eigenvalue weighted by Crippen LogP contribution is 1.90. The maximum Gasteiger partial charge on any atom is 0.0319 e. The van der Waals surface area contributed by atoms with E-state index in [2.05, 4.69) is 19.2 Å². The molecule has 10 heavy (non-hydrogen) atoms. The number of rotatable bonds is 0. The standard InChI is InChI=1S/C4H9N.C3H8.CH4O/c1-2-4-5-3-1;1-3-2;1-2/h5H,1-4H2;3H2,1-2H3;2H,1H3. The molecule has 0 saturated carbocycles. The van der Waals surface area contributed by atoms with Gasteiger partial charge in [0.2, 0.25) is 0 Å². The smallest absolute Gasteiger partial charge is 0.0319 e. The van der Waals surface area contributed by atoms with Gasteiger partial charge in [0.1, 0.15) is 0 Å². The summed E-state index contributed by atoms with van der Waals surface area (Å²) in [4.78, 5) is 0. The van der Waals surface area contributed by atoms with Crippen LogP contribution in [0.15, 0.2) is 0 Å². The third-order valence-electron chi connectivity index (χ3n) is 0.957. The fraction of sp³-hybridized carbons (Fsp3) is 1.00. The normalized spacial score (nSPS) is 14.4. The number of hydrogen-bond acceptors (Lipinski definition) is 2. The molecule has 2 heteroatoms. The lowest BCUT2D eigenvalue weighted by molar-refractivity contribution is 0.399. The maximum absolute atomic E-state index is 7.00. The average Bonchev–Trinajstić information content (AvgIpc) is 2.48. The van der Waals surface area contributed by atoms with Crippen molar-refractivity contribution in [2.75, 3.05) is 20.2 Å². The quantitative estimate of drug-likeness (QED) is 0.543. The summed E-state index contributed by atoms with van der Waals surface area (Å²) in [6.07, 6.45) is 4.03. The first kappa shape index (κ1) is 12.6. The van der Waals surface area contributed by atoms with E-state index in [0.29, 0.717) is 0 Å². The van der Waals surface area contributed by atoms with E-state index in [1.54, 1.807) is 0 Å². The van der Waals surface area contributed by atoms with Crippen LogP contribution >= 0.6 is 0 Å². The average molecular weight is 147 g/mol. The molecule has 0 amide bonds. The highest BCUT2D eigenvalue weighted by Gasteiger charge is 1.93. The van der Waals surface area contributed by atoms with Crippen molar-refractivity contribution in [3.05, 3.63) is 0 Å². The summed E-state index contributed by atoms with van der Waals surface area (Å²) in [5.74, 6) is 0. The van der Waals surface area contributed by atoms with E-state index < -0.39 is 0 Å². The van der Waals surface area contributed by atoms with Gasteiger partial charge < -0.3 is 10.4 Å². The predicted octanol–water partition coefficient (Wildman–Crippen LogP) is 1.39. The zero-order valence-corrected chi connectivity index (χ0v) is 7.48. The van der Waals surface area contributed by atoms with E-state index in [1.807, 2.05) is 0 Å². The summed E-state index contributed by atoms with van der Waals surface area (Å²) in [6, 6.07) is 0. The van der Waals surface area contributed by atoms with E-state index in [4.69, 9.17) is 5.11 Å². The fourth-order valence-corrected chi connectivity index (χ4v) is 0.625. The van der Waals surface area contributed by atoms with Gasteiger partial charge in [-0.3, -0.25) is 0 Å². The lowest BCUT2D eigenvalue weighted by atomic mass is 10.4. The molecule has 0 bridgehead atoms. The molecule has 1 fully saturated rings. The molecule has 0 aliphatic carbocycles. The van der Waals surface area contributed by atoms with Crippen LogP contribution in [-0.2, 0) is 0 Å². The Balaban J connectivity index is 0. The minimum Gasteiger partial charge on any atom is -0.400 e. The molecule has 0 radical (unpaired) electrons. The van der Waals surface area contributed by atoms with Crippen LogP contribution in [0, 0.1) is 0 Å². The second-order valence-corrected chi connectivity index (χ2v) is 2.16. The van der Waals surface area contributed by atoms with E-state index in [1.165, 1.54) is 32.4 Å². The third kappa shape index (κ3) is 15.7. The highest BCUT2D eigenvalue weighted by atomic mass is 16.2. The van der Waals surface area contributed by atoms with Crippen LogP contribution < -0.4 is 5.32 Å². The summed E-state index contributed by atoms with van der Waals surface area (Å²) in [7, 11) is 1.00. The largest absolute Gasteiger partial charge is 0.400 e. The number of nitrogens with one attached hydrogen (secondary N) is 1. The molecule has 64 valence electrons. The number of hydrogen-bond donors (Lipinski definition) is 2. The van der Waals surface area contributed by atoms with Crippen LogP contribution in [0.3, 0.4) is 0 Å². The van der Waals surface area contributed by atoms with Crippen LogP contribution in [0.1, 0.15) is 33.1 Å². The molecule has 2 N–H and O–H groups in total. The van der Waals surface area contributed by atoms with Gasteiger partial charge in [0.25, 0.3) is 0 Å². The zero-order chi connectivity index (χ0) is 8.24. The molecule has 1 aliphatic rings. The Morgan fingerprint density at radius 2 is 1.40 bits per heavy atom. The summed E-state index contributed by atoms with van der Waals surface area (Å²) < 4.78 is 0. The van der Waals surface area contributed by atoms with Crippen molar-refractivity contribution in [1.82, 2.24) is 5.32 Å². The Morgan fingerprint density at radius 3 is 1.50 bits per heavy atom. The SMILES string of the molecule is C1CCNC1.CCC.CO. The lowest BCUT2D eigenvalue weighted by Crippen LogP contribution is -2.03. The van der Waals surface area contributed by atoms with Gasteiger partial charge in [-0.1, -0.05) is 20.3 Å². The molecule has 0 aromatic rings. The van der Waals surface area contributed by atoms with Gasteiger partial charge in [0, 0.05) is 7.11 Å². The second-order valence-electron chi connectivity index (χ2n) is 2.16. The first-order valence-electron chi connectivity index (χ1n) is 4.07.